The molecular formula is C112H72N12. The molecule has 0 aliphatic carbocycles. The minimum absolute atomic E-state index is 0.601. The third-order valence-electron chi connectivity index (χ3n) is 23.6. The molecule has 16 aromatic carbocycles. The van der Waals surface area contributed by atoms with Gasteiger partial charge in [-0.25, -0.2) is 38.9 Å². The van der Waals surface area contributed by atoms with Crippen LogP contribution < -0.4 is 0 Å². The Morgan fingerprint density at radius 1 is 0.185 bits per heavy atom. The van der Waals surface area contributed by atoms with Gasteiger partial charge >= 0.3 is 0 Å². The zero-order valence-corrected chi connectivity index (χ0v) is 66.9. The van der Waals surface area contributed by atoms with E-state index in [1.807, 2.05) is 60.7 Å². The van der Waals surface area contributed by atoms with Crippen LogP contribution in [0.5, 0.6) is 0 Å². The molecule has 124 heavy (non-hydrogen) atoms. The van der Waals surface area contributed by atoms with Crippen molar-refractivity contribution < 1.29 is 0 Å². The first kappa shape index (κ1) is 72.3. The van der Waals surface area contributed by atoms with Crippen LogP contribution in [0.4, 0.5) is 0 Å². The van der Waals surface area contributed by atoms with E-state index in [4.69, 9.17) is 40.1 Å². The Hall–Kier alpha value is -17.0. The summed E-state index contributed by atoms with van der Waals surface area (Å²) in [7, 11) is 0. The van der Waals surface area contributed by atoms with E-state index in [1.54, 1.807) is 0 Å². The van der Waals surface area contributed by atoms with Gasteiger partial charge in [0.1, 0.15) is 11.4 Å². The number of nitrogens with zero attached hydrogens (tertiary/aromatic N) is 12. The van der Waals surface area contributed by atoms with Gasteiger partial charge in [-0.15, -0.1) is 0 Å². The molecule has 0 fully saturated rings. The molecule has 8 aromatic heterocycles. The van der Waals surface area contributed by atoms with Crippen molar-refractivity contribution in [3.63, 3.8) is 0 Å². The summed E-state index contributed by atoms with van der Waals surface area (Å²) in [6.45, 7) is 0. The molecule has 8 heterocycles. The number of para-hydroxylation sites is 4. The molecule has 0 aliphatic heterocycles. The quantitative estimate of drug-likeness (QED) is 0.106. The normalized spacial score (nSPS) is 11.5. The van der Waals surface area contributed by atoms with Gasteiger partial charge in [0.25, 0.3) is 0 Å². The summed E-state index contributed by atoms with van der Waals surface area (Å²) in [5, 5.41) is 19.9. The Morgan fingerprint density at radius 3 is 0.935 bits per heavy atom. The van der Waals surface area contributed by atoms with E-state index in [0.717, 1.165) is 183 Å². The Labute approximate surface area is 713 Å². The Kier molecular flexibility index (Phi) is 17.9. The molecule has 0 unspecified atom stereocenters. The number of rotatable bonds is 14. The Morgan fingerprint density at radius 2 is 0.492 bits per heavy atom. The molecule has 0 spiro atoms. The molecule has 0 bridgehead atoms. The van der Waals surface area contributed by atoms with Crippen molar-refractivity contribution >= 4 is 76.2 Å². The first-order chi connectivity index (χ1) is 61.5. The van der Waals surface area contributed by atoms with E-state index in [1.165, 1.54) is 5.39 Å². The van der Waals surface area contributed by atoms with E-state index in [2.05, 4.69) is 394 Å². The second-order valence-electron chi connectivity index (χ2n) is 31.0. The maximum Gasteiger partial charge on any atom is 0.164 e. The van der Waals surface area contributed by atoms with Gasteiger partial charge in [0.05, 0.1) is 44.5 Å². The van der Waals surface area contributed by atoms with Gasteiger partial charge < -0.3 is 9.13 Å². The number of hydrogen-bond donors (Lipinski definition) is 0. The second-order valence-corrected chi connectivity index (χ2v) is 31.0. The van der Waals surface area contributed by atoms with E-state index in [9.17, 15) is 0 Å². The summed E-state index contributed by atoms with van der Waals surface area (Å²) in [5.74, 6) is 3.68. The van der Waals surface area contributed by atoms with Crippen LogP contribution in [0.3, 0.4) is 0 Å². The largest absolute Gasteiger partial charge is 0.309 e. The van der Waals surface area contributed by atoms with Crippen LogP contribution >= 0.6 is 0 Å². The van der Waals surface area contributed by atoms with Crippen LogP contribution in [0.25, 0.3) is 223 Å². The van der Waals surface area contributed by atoms with Crippen LogP contribution in [0.2, 0.25) is 0 Å². The third-order valence-corrected chi connectivity index (χ3v) is 23.6. The van der Waals surface area contributed by atoms with E-state index in [0.29, 0.717) is 34.9 Å². The number of hydrogen-bond acceptors (Lipinski definition) is 8. The van der Waals surface area contributed by atoms with E-state index >= 15 is 0 Å². The number of fused-ring (bicyclic) bond motifs is 12. The predicted molar refractivity (Wildman–Crippen MR) is 506 cm³/mol. The maximum atomic E-state index is 5.41. The number of pyridine rings is 2. The lowest BCUT2D eigenvalue weighted by molar-refractivity contribution is 0.979. The van der Waals surface area contributed by atoms with Gasteiger partial charge in [-0.3, -0.25) is 0 Å². The molecule has 24 aromatic rings. The maximum absolute atomic E-state index is 5.41. The van der Waals surface area contributed by atoms with Crippen LogP contribution in [0.15, 0.2) is 437 Å². The summed E-state index contributed by atoms with van der Waals surface area (Å²) >= 11 is 0. The highest BCUT2D eigenvalue weighted by molar-refractivity contribution is 6.16. The molecule has 0 radical (unpaired) electrons. The Bertz CT molecular complexity index is 8160. The molecule has 12 heteroatoms. The summed E-state index contributed by atoms with van der Waals surface area (Å²) in [4.78, 5) is 31.0. The highest BCUT2D eigenvalue weighted by Gasteiger charge is 2.27. The van der Waals surface area contributed by atoms with Crippen LogP contribution in [-0.4, -0.2) is 58.3 Å². The van der Waals surface area contributed by atoms with Gasteiger partial charge in [-0.05, 0) is 94.7 Å². The van der Waals surface area contributed by atoms with Crippen molar-refractivity contribution in [2.45, 2.75) is 0 Å². The molecule has 24 rings (SSSR count). The standard InChI is InChI=1S/2C56H36N6/c1-5-18-37(19-6-1)49-36-42-24-13-14-27-44(42)53-50(52(60-62(49)53)39-20-7-2-8-21-39)38-32-34-41(35-33-38)55-57-54(40-22-9-3-10-23-40)58-56(59-55)46-29-17-31-48-51(46)45-28-15-16-30-47(45)61(48)43-25-11-4-12-26-43;1-5-17-37(18-6-1)50-36-42-23-13-14-26-45(42)53-51(52(60-62(50)53)39-19-7-2-8-20-39)38-29-31-41(32-30-38)55-57-54(40-21-9-3-10-22-40)58-56(59-55)43-33-34-49-47(35-43)46-27-15-16-28-48(46)61(49)44-24-11-4-12-25-44/h2*1-36H. The van der Waals surface area contributed by atoms with Crippen molar-refractivity contribution in [2.75, 3.05) is 0 Å². The first-order valence-electron chi connectivity index (χ1n) is 41.6. The van der Waals surface area contributed by atoms with Crippen molar-refractivity contribution in [2.24, 2.45) is 0 Å². The summed E-state index contributed by atoms with van der Waals surface area (Å²) < 4.78 is 8.90. The van der Waals surface area contributed by atoms with Gasteiger partial charge in [0.15, 0.2) is 34.9 Å². The van der Waals surface area contributed by atoms with Crippen molar-refractivity contribution in [3.05, 3.63) is 437 Å². The van der Waals surface area contributed by atoms with E-state index in [-0.39, 0.29) is 0 Å². The average molecular weight is 1590 g/mol. The first-order valence-corrected chi connectivity index (χ1v) is 41.6. The third kappa shape index (κ3) is 12.8. The summed E-state index contributed by atoms with van der Waals surface area (Å²) in [6, 6.07) is 152. The summed E-state index contributed by atoms with van der Waals surface area (Å²) in [6.07, 6.45) is 0. The minimum Gasteiger partial charge on any atom is -0.309 e. The highest BCUT2D eigenvalue weighted by Crippen LogP contribution is 2.46. The lowest BCUT2D eigenvalue weighted by Gasteiger charge is -2.12. The lowest BCUT2D eigenvalue weighted by Crippen LogP contribution is -2.00. The topological polar surface area (TPSA) is 122 Å². The van der Waals surface area contributed by atoms with Crippen LogP contribution in [0.1, 0.15) is 0 Å². The van der Waals surface area contributed by atoms with Gasteiger partial charge in [0.2, 0.25) is 0 Å². The molecule has 0 atom stereocenters. The minimum atomic E-state index is 0.601. The monoisotopic (exact) mass is 1580 g/mol. The van der Waals surface area contributed by atoms with Gasteiger partial charge in [-0.1, -0.05) is 364 Å². The second kappa shape index (κ2) is 30.8. The van der Waals surface area contributed by atoms with Crippen LogP contribution in [-0.2, 0) is 0 Å². The van der Waals surface area contributed by atoms with E-state index < -0.39 is 0 Å². The molecule has 12 nitrogen and oxygen atoms in total. The molecule has 0 aliphatic rings. The predicted octanol–water partition coefficient (Wildman–Crippen LogP) is 27.5. The molecule has 0 N–H and O–H groups in total. The fraction of sp³-hybridized carbons (Fsp3) is 0. The fourth-order valence-corrected chi connectivity index (χ4v) is 17.8. The van der Waals surface area contributed by atoms with Crippen molar-refractivity contribution in [1.82, 2.24) is 58.3 Å². The molecule has 0 saturated carbocycles. The average Bonchev–Trinajstić information content (AvgIpc) is 1.60. The van der Waals surface area contributed by atoms with Crippen molar-refractivity contribution in [3.8, 4) is 147 Å². The Balaban J connectivity index is 0.000000143. The molecule has 0 saturated heterocycles. The number of benzene rings is 16. The lowest BCUT2D eigenvalue weighted by atomic mass is 9.96. The van der Waals surface area contributed by atoms with Crippen LogP contribution in [0, 0.1) is 0 Å². The molecular weight excluding hydrogens is 1510 g/mol. The summed E-state index contributed by atoms with van der Waals surface area (Å²) in [5.41, 5.74) is 26.8. The number of aromatic nitrogens is 12. The fourth-order valence-electron chi connectivity index (χ4n) is 17.8. The SMILES string of the molecule is c1ccc(-c2nc(-c3ccc(-c4c(-c5ccccc5)nn5c(-c6ccccc6)cc6ccccc6c45)cc3)nc(-c3ccc4c(c3)c3ccccc3n4-c3ccccc3)n2)cc1.c1ccc(-c2nc(-c3ccc(-c4c(-c5ccccc5)nn5c(-c6ccccc6)cc6ccccc6c45)cc3)nc(-c3cccc4c3c3ccccc3n4-c3ccccc3)n2)cc1. The van der Waals surface area contributed by atoms with Gasteiger partial charge in [0, 0.05) is 110 Å². The molecule has 0 amide bonds. The zero-order valence-electron chi connectivity index (χ0n) is 66.9. The smallest absolute Gasteiger partial charge is 0.164 e. The highest BCUT2D eigenvalue weighted by atomic mass is 15.2. The van der Waals surface area contributed by atoms with Gasteiger partial charge in [-0.2, -0.15) is 10.2 Å². The van der Waals surface area contributed by atoms with Crippen molar-refractivity contribution in [1.29, 1.82) is 0 Å². The molecule has 580 valence electrons. The zero-order chi connectivity index (χ0) is 82.0.